The predicted molar refractivity (Wildman–Crippen MR) is 121 cm³/mol. The minimum atomic E-state index is -0.125. The molecule has 0 amide bonds. The van der Waals surface area contributed by atoms with Crippen molar-refractivity contribution in [3.63, 3.8) is 0 Å². The third-order valence-corrected chi connectivity index (χ3v) is 7.07. The van der Waals surface area contributed by atoms with E-state index in [0.717, 1.165) is 36.3 Å². The molecule has 0 fully saturated rings. The van der Waals surface area contributed by atoms with Gasteiger partial charge in [0.2, 0.25) is 0 Å². The fraction of sp³-hybridized carbons (Fsp3) is 0.136. The van der Waals surface area contributed by atoms with E-state index in [4.69, 9.17) is 9.72 Å². The maximum Gasteiger partial charge on any atom is 0.291 e. The number of hydrogen-bond donors (Lipinski definition) is 0. The van der Waals surface area contributed by atoms with Gasteiger partial charge in [-0.15, -0.1) is 11.3 Å². The minimum Gasteiger partial charge on any atom is -0.497 e. The van der Waals surface area contributed by atoms with Crippen LogP contribution in [0.15, 0.2) is 74.8 Å². The van der Waals surface area contributed by atoms with E-state index in [1.807, 2.05) is 54.1 Å². The maximum atomic E-state index is 13.2. The summed E-state index contributed by atoms with van der Waals surface area (Å²) in [4.78, 5) is 19.1. The summed E-state index contributed by atoms with van der Waals surface area (Å²) in [7, 11) is 3.52. The Morgan fingerprint density at radius 3 is 2.77 bits per heavy atom. The van der Waals surface area contributed by atoms with Crippen molar-refractivity contribution in [3.05, 3.63) is 76.7 Å². The fourth-order valence-corrected chi connectivity index (χ4v) is 5.63. The Balaban J connectivity index is 1.55. The molecule has 0 saturated heterocycles. The number of nitrogens with zero attached hydrogens (tertiary/aromatic N) is 4. The van der Waals surface area contributed by atoms with Crippen molar-refractivity contribution in [2.24, 2.45) is 7.05 Å². The van der Waals surface area contributed by atoms with Crippen LogP contribution in [-0.2, 0) is 13.6 Å². The van der Waals surface area contributed by atoms with Crippen molar-refractivity contribution >= 4 is 44.3 Å². The number of thiazole rings is 1. The zero-order valence-electron chi connectivity index (χ0n) is 16.4. The van der Waals surface area contributed by atoms with Gasteiger partial charge >= 0.3 is 0 Å². The molecule has 150 valence electrons. The average Bonchev–Trinajstić information content (AvgIpc) is 3.29. The van der Waals surface area contributed by atoms with Crippen LogP contribution < -0.4 is 10.3 Å². The largest absolute Gasteiger partial charge is 0.497 e. The second-order valence-corrected chi connectivity index (χ2v) is 9.15. The number of rotatable bonds is 5. The molecule has 0 spiro atoms. The lowest BCUT2D eigenvalue weighted by atomic mass is 10.2. The second kappa shape index (κ2) is 7.62. The summed E-state index contributed by atoms with van der Waals surface area (Å²) in [5.41, 5.74) is 2.27. The quantitative estimate of drug-likeness (QED) is 0.406. The third kappa shape index (κ3) is 3.28. The molecule has 8 heteroatoms. The van der Waals surface area contributed by atoms with Crippen LogP contribution in [0.4, 0.5) is 0 Å². The maximum absolute atomic E-state index is 13.2. The van der Waals surface area contributed by atoms with Crippen LogP contribution in [0, 0.1) is 0 Å². The first-order valence-corrected chi connectivity index (χ1v) is 11.0. The van der Waals surface area contributed by atoms with Crippen LogP contribution >= 0.6 is 23.1 Å². The molecule has 0 aliphatic rings. The van der Waals surface area contributed by atoms with Crippen molar-refractivity contribution in [3.8, 4) is 5.75 Å². The SMILES string of the molecule is COc1cccc(Cn2ncc3c4sc(Sc5ccccc5)nc4n(C)c3c2=O)c1. The van der Waals surface area contributed by atoms with Gasteiger partial charge in [-0.3, -0.25) is 4.79 Å². The topological polar surface area (TPSA) is 61.9 Å². The predicted octanol–water partition coefficient (Wildman–Crippen LogP) is 4.55. The fourth-order valence-electron chi connectivity index (χ4n) is 3.46. The highest BCUT2D eigenvalue weighted by atomic mass is 32.2. The van der Waals surface area contributed by atoms with Gasteiger partial charge < -0.3 is 9.30 Å². The zero-order valence-corrected chi connectivity index (χ0v) is 18.0. The molecule has 5 rings (SSSR count). The highest BCUT2D eigenvalue weighted by molar-refractivity contribution is 8.01. The lowest BCUT2D eigenvalue weighted by Crippen LogP contribution is -2.24. The second-order valence-electron chi connectivity index (χ2n) is 6.83. The van der Waals surface area contributed by atoms with E-state index in [-0.39, 0.29) is 5.56 Å². The lowest BCUT2D eigenvalue weighted by molar-refractivity contribution is 0.414. The molecule has 5 aromatic rings. The van der Waals surface area contributed by atoms with Crippen molar-refractivity contribution in [1.82, 2.24) is 19.3 Å². The van der Waals surface area contributed by atoms with Gasteiger partial charge in [-0.2, -0.15) is 5.10 Å². The van der Waals surface area contributed by atoms with E-state index >= 15 is 0 Å². The highest BCUT2D eigenvalue weighted by Crippen LogP contribution is 2.37. The normalized spacial score (nSPS) is 11.4. The van der Waals surface area contributed by atoms with Crippen molar-refractivity contribution in [2.75, 3.05) is 7.11 Å². The van der Waals surface area contributed by atoms with Crippen LogP contribution in [-0.4, -0.2) is 26.4 Å². The molecule has 0 bridgehead atoms. The molecular weight excluding hydrogens is 416 g/mol. The molecule has 0 aliphatic heterocycles. The number of fused-ring (bicyclic) bond motifs is 3. The number of aryl methyl sites for hydroxylation is 1. The van der Waals surface area contributed by atoms with Crippen LogP contribution in [0.1, 0.15) is 5.56 Å². The number of ether oxygens (including phenoxy) is 1. The van der Waals surface area contributed by atoms with Gasteiger partial charge in [0.15, 0.2) is 9.99 Å². The van der Waals surface area contributed by atoms with E-state index in [1.54, 1.807) is 36.4 Å². The summed E-state index contributed by atoms with van der Waals surface area (Å²) in [6, 6.07) is 17.8. The van der Waals surface area contributed by atoms with Crippen LogP contribution in [0.25, 0.3) is 21.3 Å². The van der Waals surface area contributed by atoms with Gasteiger partial charge in [-0.05, 0) is 29.8 Å². The summed E-state index contributed by atoms with van der Waals surface area (Å²) in [6.07, 6.45) is 1.77. The molecule has 0 aliphatic carbocycles. The van der Waals surface area contributed by atoms with Crippen LogP contribution in [0.3, 0.4) is 0 Å². The lowest BCUT2D eigenvalue weighted by Gasteiger charge is -2.07. The number of methoxy groups -OCH3 is 1. The Hall–Kier alpha value is -3.10. The van der Waals surface area contributed by atoms with Crippen molar-refractivity contribution in [2.45, 2.75) is 15.8 Å². The van der Waals surface area contributed by atoms with Crippen LogP contribution in [0.2, 0.25) is 0 Å². The van der Waals surface area contributed by atoms with Gasteiger partial charge in [0.1, 0.15) is 11.3 Å². The molecular formula is C22H18N4O2S2. The first kappa shape index (κ1) is 18.9. The Morgan fingerprint density at radius 2 is 1.97 bits per heavy atom. The van der Waals surface area contributed by atoms with Gasteiger partial charge in [0, 0.05) is 17.3 Å². The summed E-state index contributed by atoms with van der Waals surface area (Å²) in [5.74, 6) is 0.758. The van der Waals surface area contributed by atoms with E-state index in [2.05, 4.69) is 17.2 Å². The summed E-state index contributed by atoms with van der Waals surface area (Å²) < 4.78 is 10.6. The molecule has 0 unspecified atom stereocenters. The number of benzene rings is 2. The summed E-state index contributed by atoms with van der Waals surface area (Å²) >= 11 is 3.22. The van der Waals surface area contributed by atoms with Gasteiger partial charge in [0.05, 0.1) is 24.6 Å². The van der Waals surface area contributed by atoms with Crippen molar-refractivity contribution < 1.29 is 4.74 Å². The molecule has 3 heterocycles. The zero-order chi connectivity index (χ0) is 20.7. The molecule has 0 radical (unpaired) electrons. The first-order valence-electron chi connectivity index (χ1n) is 9.35. The molecule has 2 aromatic carbocycles. The monoisotopic (exact) mass is 434 g/mol. The molecule has 3 aromatic heterocycles. The molecule has 6 nitrogen and oxygen atoms in total. The first-order chi connectivity index (χ1) is 14.6. The van der Waals surface area contributed by atoms with Crippen LogP contribution in [0.5, 0.6) is 5.75 Å². The van der Waals surface area contributed by atoms with Gasteiger partial charge in [-0.1, -0.05) is 42.1 Å². The molecule has 30 heavy (non-hydrogen) atoms. The third-order valence-electron chi connectivity index (χ3n) is 4.92. The minimum absolute atomic E-state index is 0.125. The summed E-state index contributed by atoms with van der Waals surface area (Å²) in [5, 5.41) is 5.28. The van der Waals surface area contributed by atoms with Crippen molar-refractivity contribution in [1.29, 1.82) is 0 Å². The molecule has 0 atom stereocenters. The van der Waals surface area contributed by atoms with E-state index in [1.165, 1.54) is 4.68 Å². The van der Waals surface area contributed by atoms with Gasteiger partial charge in [0.25, 0.3) is 5.56 Å². The Labute approximate surface area is 180 Å². The Kier molecular flexibility index (Phi) is 4.80. The Morgan fingerprint density at radius 1 is 1.13 bits per heavy atom. The molecule has 0 N–H and O–H groups in total. The number of hydrogen-bond acceptors (Lipinski definition) is 6. The Bertz CT molecular complexity index is 1420. The smallest absolute Gasteiger partial charge is 0.291 e. The van der Waals surface area contributed by atoms with E-state index < -0.39 is 0 Å². The van der Waals surface area contributed by atoms with Gasteiger partial charge in [-0.25, -0.2) is 9.67 Å². The average molecular weight is 435 g/mol. The number of aromatic nitrogens is 4. The van der Waals surface area contributed by atoms with E-state index in [9.17, 15) is 4.79 Å². The highest BCUT2D eigenvalue weighted by Gasteiger charge is 2.18. The summed E-state index contributed by atoms with van der Waals surface area (Å²) in [6.45, 7) is 0.382. The standard InChI is InChI=1S/C22H18N4O2S2/c1-25-18-17(19-20(25)24-22(30-19)29-16-9-4-3-5-10-16)12-23-26(21(18)27)13-14-7-6-8-15(11-14)28-2/h3-12H,13H2,1-2H3. The van der Waals surface area contributed by atoms with E-state index in [0.29, 0.717) is 12.1 Å². The molecule has 0 saturated carbocycles.